The molecule has 6 heteroatoms. The minimum Gasteiger partial charge on any atom is -0.378 e. The van der Waals surface area contributed by atoms with E-state index < -0.39 is 5.60 Å². The number of benzene rings is 1. The average Bonchev–Trinajstić information content (AvgIpc) is 3.32. The summed E-state index contributed by atoms with van der Waals surface area (Å²) in [5, 5.41) is 17.9. The van der Waals surface area contributed by atoms with Crippen LogP contribution in [0.25, 0.3) is 22.0 Å². The van der Waals surface area contributed by atoms with Crippen molar-refractivity contribution in [2.45, 2.75) is 25.2 Å². The summed E-state index contributed by atoms with van der Waals surface area (Å²) >= 11 is 1.71. The molecule has 3 aromatic heterocycles. The lowest BCUT2D eigenvalue weighted by molar-refractivity contribution is 0.143. The Labute approximate surface area is 168 Å². The maximum atomic E-state index is 9.86. The molecule has 0 radical (unpaired) electrons. The minimum absolute atomic E-state index is 0.630. The minimum atomic E-state index is -1.05. The van der Waals surface area contributed by atoms with Crippen molar-refractivity contribution in [1.29, 1.82) is 0 Å². The van der Waals surface area contributed by atoms with Gasteiger partial charge >= 0.3 is 0 Å². The fourth-order valence-electron chi connectivity index (χ4n) is 2.83. The van der Waals surface area contributed by atoms with Gasteiger partial charge in [0.05, 0.1) is 17.9 Å². The molecule has 0 aliphatic carbocycles. The predicted molar refractivity (Wildman–Crippen MR) is 114 cm³/mol. The largest absolute Gasteiger partial charge is 0.378 e. The van der Waals surface area contributed by atoms with Gasteiger partial charge in [0.2, 0.25) is 0 Å². The predicted octanol–water partition coefficient (Wildman–Crippen LogP) is 4.25. The van der Waals surface area contributed by atoms with Crippen LogP contribution in [0.4, 0.5) is 0 Å². The summed E-state index contributed by atoms with van der Waals surface area (Å²) in [5.41, 5.74) is 3.94. The standard InChI is InChI=1S/C22H20N4OS/c1-22(2,27)9-8-18-10-19-20(17-11-24-25-12-17)14-26(21(19)13-23-18)28-15-16-6-4-3-5-7-16/h3-7,10-14,27H,15H2,1-2H3,(H,24,25). The Balaban J connectivity index is 1.75. The second-order valence-corrected chi connectivity index (χ2v) is 7.95. The zero-order valence-corrected chi connectivity index (χ0v) is 16.5. The zero-order chi connectivity index (χ0) is 19.6. The summed E-state index contributed by atoms with van der Waals surface area (Å²) in [5.74, 6) is 6.65. The van der Waals surface area contributed by atoms with Gasteiger partial charge in [0, 0.05) is 34.7 Å². The van der Waals surface area contributed by atoms with Gasteiger partial charge in [0.25, 0.3) is 0 Å². The van der Waals surface area contributed by atoms with Crippen LogP contribution in [0.1, 0.15) is 25.1 Å². The number of nitrogens with zero attached hydrogens (tertiary/aromatic N) is 3. The van der Waals surface area contributed by atoms with Crippen LogP contribution in [0.5, 0.6) is 0 Å². The lowest BCUT2D eigenvalue weighted by atomic mass is 10.1. The van der Waals surface area contributed by atoms with Crippen LogP contribution in [0.2, 0.25) is 0 Å². The topological polar surface area (TPSA) is 66.7 Å². The van der Waals surface area contributed by atoms with E-state index in [0.29, 0.717) is 5.69 Å². The molecule has 4 aromatic rings. The Morgan fingerprint density at radius 3 is 2.75 bits per heavy atom. The molecule has 140 valence electrons. The Morgan fingerprint density at radius 1 is 1.21 bits per heavy atom. The molecule has 0 atom stereocenters. The van der Waals surface area contributed by atoms with Crippen molar-refractivity contribution < 1.29 is 5.11 Å². The smallest absolute Gasteiger partial charge is 0.120 e. The van der Waals surface area contributed by atoms with Gasteiger partial charge in [0.15, 0.2) is 0 Å². The highest BCUT2D eigenvalue weighted by Gasteiger charge is 2.13. The molecule has 1 aromatic carbocycles. The van der Waals surface area contributed by atoms with Crippen LogP contribution in [0.3, 0.4) is 0 Å². The average molecular weight is 388 g/mol. The van der Waals surface area contributed by atoms with Crippen molar-refractivity contribution in [2.24, 2.45) is 0 Å². The van der Waals surface area contributed by atoms with Gasteiger partial charge in [-0.05, 0) is 43.3 Å². The number of hydrogen-bond acceptors (Lipinski definition) is 4. The van der Waals surface area contributed by atoms with E-state index in [9.17, 15) is 5.11 Å². The number of H-pyrrole nitrogens is 1. The molecule has 2 N–H and O–H groups in total. The zero-order valence-electron chi connectivity index (χ0n) is 15.7. The number of pyridine rings is 1. The molecule has 0 bridgehead atoms. The molecule has 5 nitrogen and oxygen atoms in total. The molecule has 0 spiro atoms. The molecule has 0 amide bonds. The third-order valence-corrected chi connectivity index (χ3v) is 5.22. The van der Waals surface area contributed by atoms with Crippen LogP contribution in [0.15, 0.2) is 61.2 Å². The maximum absolute atomic E-state index is 9.86. The van der Waals surface area contributed by atoms with Gasteiger partial charge in [-0.3, -0.25) is 9.07 Å². The van der Waals surface area contributed by atoms with Crippen molar-refractivity contribution in [3.8, 4) is 23.0 Å². The first kappa shape index (κ1) is 18.4. The number of aromatic amines is 1. The summed E-state index contributed by atoms with van der Waals surface area (Å²) in [6.07, 6.45) is 7.64. The third kappa shape index (κ3) is 4.11. The van der Waals surface area contributed by atoms with E-state index in [1.165, 1.54) is 5.56 Å². The summed E-state index contributed by atoms with van der Waals surface area (Å²) in [7, 11) is 0. The highest BCUT2D eigenvalue weighted by atomic mass is 32.2. The van der Waals surface area contributed by atoms with Gasteiger partial charge < -0.3 is 5.11 Å². The van der Waals surface area contributed by atoms with Crippen molar-refractivity contribution in [2.75, 3.05) is 0 Å². The van der Waals surface area contributed by atoms with Crippen molar-refractivity contribution in [1.82, 2.24) is 19.2 Å². The third-order valence-electron chi connectivity index (χ3n) is 4.18. The van der Waals surface area contributed by atoms with E-state index in [2.05, 4.69) is 61.5 Å². The van der Waals surface area contributed by atoms with Gasteiger partial charge in [0.1, 0.15) is 11.3 Å². The molecular weight excluding hydrogens is 368 g/mol. The molecule has 0 fully saturated rings. The summed E-state index contributed by atoms with van der Waals surface area (Å²) < 4.78 is 2.14. The molecular formula is C22H20N4OS. The fraction of sp³-hybridized carbons (Fsp3) is 0.182. The Bertz CT molecular complexity index is 1150. The van der Waals surface area contributed by atoms with Gasteiger partial charge in [-0.1, -0.05) is 36.3 Å². The number of aromatic nitrogens is 4. The molecule has 3 heterocycles. The van der Waals surface area contributed by atoms with Crippen LogP contribution in [0, 0.1) is 11.8 Å². The Hall–Kier alpha value is -3.01. The lowest BCUT2D eigenvalue weighted by Gasteiger charge is -2.06. The van der Waals surface area contributed by atoms with Crippen LogP contribution in [-0.4, -0.2) is 29.9 Å². The van der Waals surface area contributed by atoms with E-state index in [1.807, 2.05) is 30.7 Å². The van der Waals surface area contributed by atoms with Crippen LogP contribution in [-0.2, 0) is 5.75 Å². The molecule has 0 aliphatic rings. The van der Waals surface area contributed by atoms with E-state index >= 15 is 0 Å². The van der Waals surface area contributed by atoms with Crippen molar-refractivity contribution >= 4 is 22.9 Å². The van der Waals surface area contributed by atoms with Gasteiger partial charge in [-0.25, -0.2) is 4.98 Å². The number of fused-ring (bicyclic) bond motifs is 1. The van der Waals surface area contributed by atoms with E-state index in [0.717, 1.165) is 27.8 Å². The first-order valence-corrected chi connectivity index (χ1v) is 9.87. The van der Waals surface area contributed by atoms with Crippen molar-refractivity contribution in [3.63, 3.8) is 0 Å². The Kier molecular flexibility index (Phi) is 4.95. The molecule has 28 heavy (non-hydrogen) atoms. The number of nitrogens with one attached hydrogen (secondary N) is 1. The quantitative estimate of drug-likeness (QED) is 0.513. The van der Waals surface area contributed by atoms with Crippen molar-refractivity contribution in [3.05, 3.63) is 72.4 Å². The van der Waals surface area contributed by atoms with Crippen LogP contribution >= 0.6 is 11.9 Å². The lowest BCUT2D eigenvalue weighted by Crippen LogP contribution is -2.14. The van der Waals surface area contributed by atoms with Gasteiger partial charge in [-0.15, -0.1) is 0 Å². The fourth-order valence-corrected chi connectivity index (χ4v) is 3.78. The maximum Gasteiger partial charge on any atom is 0.120 e. The SMILES string of the molecule is CC(C)(O)C#Cc1cc2c(-c3cn[nH]c3)cn(SCc3ccccc3)c2cn1. The second kappa shape index (κ2) is 7.55. The number of hydrogen-bond donors (Lipinski definition) is 2. The Morgan fingerprint density at radius 2 is 2.04 bits per heavy atom. The summed E-state index contributed by atoms with van der Waals surface area (Å²) in [6.45, 7) is 3.32. The number of aliphatic hydroxyl groups is 1. The van der Waals surface area contributed by atoms with E-state index in [4.69, 9.17) is 0 Å². The highest BCUT2D eigenvalue weighted by molar-refractivity contribution is 7.97. The first-order chi connectivity index (χ1) is 13.5. The van der Waals surface area contributed by atoms with E-state index in [-0.39, 0.29) is 0 Å². The van der Waals surface area contributed by atoms with Crippen LogP contribution < -0.4 is 0 Å². The summed E-state index contributed by atoms with van der Waals surface area (Å²) in [6, 6.07) is 12.3. The molecule has 0 unspecified atom stereocenters. The van der Waals surface area contributed by atoms with Gasteiger partial charge in [-0.2, -0.15) is 5.10 Å². The number of rotatable bonds is 4. The monoisotopic (exact) mass is 388 g/mol. The normalized spacial score (nSPS) is 11.4. The molecule has 0 saturated carbocycles. The first-order valence-electron chi connectivity index (χ1n) is 8.93. The highest BCUT2D eigenvalue weighted by Crippen LogP contribution is 2.33. The molecule has 4 rings (SSSR count). The summed E-state index contributed by atoms with van der Waals surface area (Å²) in [4.78, 5) is 4.48. The molecule has 0 saturated heterocycles. The van der Waals surface area contributed by atoms with E-state index in [1.54, 1.807) is 25.8 Å². The second-order valence-electron chi connectivity index (χ2n) is 7.01. The molecule has 0 aliphatic heterocycles.